The molecule has 2 N–H and O–H groups in total. The highest BCUT2D eigenvalue weighted by Crippen LogP contribution is 2.23. The van der Waals surface area contributed by atoms with Gasteiger partial charge >= 0.3 is 0 Å². The first-order valence-electron chi connectivity index (χ1n) is 8.67. The van der Waals surface area contributed by atoms with E-state index in [1.54, 1.807) is 0 Å². The molecule has 1 saturated carbocycles. The van der Waals surface area contributed by atoms with Crippen molar-refractivity contribution in [3.05, 3.63) is 24.3 Å². The number of nitrogens with zero attached hydrogens (tertiary/aromatic N) is 1. The maximum atomic E-state index is 12.5. The first-order valence-corrected chi connectivity index (χ1v) is 11.6. The minimum Gasteiger partial charge on any atom is -0.302 e. The second-order valence-electron chi connectivity index (χ2n) is 6.72. The van der Waals surface area contributed by atoms with E-state index in [-0.39, 0.29) is 21.9 Å². The number of hydrogen-bond acceptors (Lipinski definition) is 5. The molecule has 1 aromatic carbocycles. The third kappa shape index (κ3) is 4.79. The molecular formula is C16H25N3O4S2. The van der Waals surface area contributed by atoms with E-state index in [9.17, 15) is 16.8 Å². The van der Waals surface area contributed by atoms with Crippen LogP contribution < -0.4 is 9.44 Å². The van der Waals surface area contributed by atoms with Crippen LogP contribution in [0.2, 0.25) is 0 Å². The summed E-state index contributed by atoms with van der Waals surface area (Å²) in [5, 5.41) is 0. The van der Waals surface area contributed by atoms with E-state index in [2.05, 4.69) is 21.3 Å². The van der Waals surface area contributed by atoms with Gasteiger partial charge in [-0.3, -0.25) is 0 Å². The molecule has 0 aromatic heterocycles. The van der Waals surface area contributed by atoms with E-state index in [0.717, 1.165) is 38.8 Å². The number of rotatable bonds is 7. The van der Waals surface area contributed by atoms with E-state index in [1.807, 2.05) is 0 Å². The number of piperidine rings is 1. The van der Waals surface area contributed by atoms with E-state index >= 15 is 0 Å². The lowest BCUT2D eigenvalue weighted by molar-refractivity contribution is 0.211. The summed E-state index contributed by atoms with van der Waals surface area (Å²) in [6, 6.07) is 5.30. The van der Waals surface area contributed by atoms with Crippen molar-refractivity contribution < 1.29 is 16.8 Å². The fraction of sp³-hybridized carbons (Fsp3) is 0.625. The van der Waals surface area contributed by atoms with Gasteiger partial charge in [-0.1, -0.05) is 6.92 Å². The summed E-state index contributed by atoms with van der Waals surface area (Å²) >= 11 is 0. The lowest BCUT2D eigenvalue weighted by atomic mass is 10.1. The molecule has 1 unspecified atom stereocenters. The Bertz CT molecular complexity index is 802. The molecule has 0 spiro atoms. The highest BCUT2D eigenvalue weighted by Gasteiger charge is 2.29. The van der Waals surface area contributed by atoms with Gasteiger partial charge < -0.3 is 4.90 Å². The van der Waals surface area contributed by atoms with Crippen LogP contribution in [0.15, 0.2) is 34.1 Å². The van der Waals surface area contributed by atoms with Crippen LogP contribution in [0.25, 0.3) is 0 Å². The summed E-state index contributed by atoms with van der Waals surface area (Å²) in [5.74, 6) is 0. The van der Waals surface area contributed by atoms with E-state index in [4.69, 9.17) is 0 Å². The van der Waals surface area contributed by atoms with Crippen LogP contribution in [0, 0.1) is 0 Å². The van der Waals surface area contributed by atoms with Gasteiger partial charge in [0, 0.05) is 18.6 Å². The van der Waals surface area contributed by atoms with Gasteiger partial charge in [-0.15, -0.1) is 0 Å². The molecule has 2 aliphatic rings. The SMILES string of the molecule is CCN1CCCC(NS(=O)(=O)c2ccc(S(=O)(=O)NC3CC3)cc2)C1. The Labute approximate surface area is 149 Å². The minimum absolute atomic E-state index is 0.0166. The summed E-state index contributed by atoms with van der Waals surface area (Å²) in [5.41, 5.74) is 0. The Morgan fingerprint density at radius 1 is 0.920 bits per heavy atom. The van der Waals surface area contributed by atoms with Crippen LogP contribution in [0.4, 0.5) is 0 Å². The number of likely N-dealkylation sites (N-methyl/N-ethyl adjacent to an activating group) is 1. The largest absolute Gasteiger partial charge is 0.302 e. The second-order valence-corrected chi connectivity index (χ2v) is 10.1. The molecule has 0 radical (unpaired) electrons. The van der Waals surface area contributed by atoms with Crippen LogP contribution in [0.3, 0.4) is 0 Å². The topological polar surface area (TPSA) is 95.6 Å². The zero-order chi connectivity index (χ0) is 18.1. The standard InChI is InChI=1S/C16H25N3O4S2/c1-2-19-11-3-4-14(12-19)18-25(22,23)16-9-7-15(8-10-16)24(20,21)17-13-5-6-13/h7-10,13-14,17-18H,2-6,11-12H2,1H3. The molecule has 9 heteroatoms. The summed E-state index contributed by atoms with van der Waals surface area (Å²) in [6.45, 7) is 4.66. The molecular weight excluding hydrogens is 362 g/mol. The smallest absolute Gasteiger partial charge is 0.240 e. The first kappa shape index (κ1) is 18.8. The Hall–Kier alpha value is -1.00. The van der Waals surface area contributed by atoms with Crippen molar-refractivity contribution in [3.63, 3.8) is 0 Å². The number of benzene rings is 1. The molecule has 2 fully saturated rings. The number of hydrogen-bond donors (Lipinski definition) is 2. The molecule has 3 rings (SSSR count). The summed E-state index contributed by atoms with van der Waals surface area (Å²) in [7, 11) is -7.23. The van der Waals surface area contributed by atoms with Gasteiger partial charge in [-0.25, -0.2) is 26.3 Å². The summed E-state index contributed by atoms with van der Waals surface area (Å²) in [6.07, 6.45) is 3.48. The Morgan fingerprint density at radius 3 is 1.92 bits per heavy atom. The van der Waals surface area contributed by atoms with Crippen LogP contribution in [0.1, 0.15) is 32.6 Å². The van der Waals surface area contributed by atoms with Crippen molar-refractivity contribution in [3.8, 4) is 0 Å². The van der Waals surface area contributed by atoms with Gasteiger partial charge in [0.1, 0.15) is 0 Å². The number of nitrogens with one attached hydrogen (secondary N) is 2. The fourth-order valence-corrected chi connectivity index (χ4v) is 5.58. The second kappa shape index (κ2) is 7.32. The predicted octanol–water partition coefficient (Wildman–Crippen LogP) is 0.890. The average Bonchev–Trinajstić information content (AvgIpc) is 3.38. The third-order valence-corrected chi connectivity index (χ3v) is 7.69. The maximum Gasteiger partial charge on any atom is 0.240 e. The molecule has 1 heterocycles. The maximum absolute atomic E-state index is 12.5. The predicted molar refractivity (Wildman–Crippen MR) is 95.2 cm³/mol. The fourth-order valence-electron chi connectivity index (χ4n) is 3.01. The van der Waals surface area contributed by atoms with E-state index < -0.39 is 20.0 Å². The molecule has 1 aromatic rings. The molecule has 7 nitrogen and oxygen atoms in total. The van der Waals surface area contributed by atoms with Crippen molar-refractivity contribution >= 4 is 20.0 Å². The normalized spacial score (nSPS) is 22.8. The molecule has 25 heavy (non-hydrogen) atoms. The van der Waals surface area contributed by atoms with Crippen molar-refractivity contribution in [1.82, 2.24) is 14.3 Å². The lowest BCUT2D eigenvalue weighted by Gasteiger charge is -2.32. The van der Waals surface area contributed by atoms with Gasteiger partial charge in [0.05, 0.1) is 9.79 Å². The number of sulfonamides is 2. The zero-order valence-electron chi connectivity index (χ0n) is 14.3. The van der Waals surface area contributed by atoms with Gasteiger partial charge in [0.2, 0.25) is 20.0 Å². The summed E-state index contributed by atoms with van der Waals surface area (Å²) in [4.78, 5) is 2.40. The highest BCUT2D eigenvalue weighted by atomic mass is 32.2. The molecule has 1 aliphatic heterocycles. The Kier molecular flexibility index (Phi) is 5.50. The molecule has 1 aliphatic carbocycles. The minimum atomic E-state index is -3.66. The lowest BCUT2D eigenvalue weighted by Crippen LogP contribution is -2.47. The molecule has 1 atom stereocenters. The summed E-state index contributed by atoms with van der Waals surface area (Å²) < 4.78 is 54.7. The van der Waals surface area contributed by atoms with Crippen LogP contribution in [0.5, 0.6) is 0 Å². The molecule has 0 bridgehead atoms. The van der Waals surface area contributed by atoms with Gasteiger partial charge in [-0.2, -0.15) is 0 Å². The van der Waals surface area contributed by atoms with Gasteiger partial charge in [0.25, 0.3) is 0 Å². The van der Waals surface area contributed by atoms with Crippen molar-refractivity contribution in [2.75, 3.05) is 19.6 Å². The quantitative estimate of drug-likeness (QED) is 0.724. The van der Waals surface area contributed by atoms with Crippen LogP contribution >= 0.6 is 0 Å². The van der Waals surface area contributed by atoms with Crippen molar-refractivity contribution in [2.24, 2.45) is 0 Å². The Morgan fingerprint density at radius 2 is 1.44 bits per heavy atom. The third-order valence-electron chi connectivity index (χ3n) is 4.62. The molecule has 0 amide bonds. The van der Waals surface area contributed by atoms with E-state index in [0.29, 0.717) is 6.54 Å². The monoisotopic (exact) mass is 387 g/mol. The average molecular weight is 388 g/mol. The molecule has 140 valence electrons. The Balaban J connectivity index is 1.70. The van der Waals surface area contributed by atoms with Gasteiger partial charge in [-0.05, 0) is 63.0 Å². The first-order chi connectivity index (χ1) is 11.8. The van der Waals surface area contributed by atoms with E-state index in [1.165, 1.54) is 24.3 Å². The van der Waals surface area contributed by atoms with Crippen molar-refractivity contribution in [1.29, 1.82) is 0 Å². The highest BCUT2D eigenvalue weighted by molar-refractivity contribution is 7.90. The van der Waals surface area contributed by atoms with Gasteiger partial charge in [0.15, 0.2) is 0 Å². The van der Waals surface area contributed by atoms with Crippen LogP contribution in [-0.2, 0) is 20.0 Å². The van der Waals surface area contributed by atoms with Crippen molar-refractivity contribution in [2.45, 2.75) is 54.5 Å². The number of likely N-dealkylation sites (tertiary alicyclic amines) is 1. The van der Waals surface area contributed by atoms with Crippen LogP contribution in [-0.4, -0.2) is 53.5 Å². The zero-order valence-corrected chi connectivity index (χ0v) is 15.9. The molecule has 1 saturated heterocycles.